The molecule has 0 aliphatic rings. The first kappa shape index (κ1) is 19.0. The van der Waals surface area contributed by atoms with Gasteiger partial charge in [0.05, 0.1) is 15.8 Å². The third-order valence-corrected chi connectivity index (χ3v) is 4.18. The van der Waals surface area contributed by atoms with Crippen molar-refractivity contribution in [1.82, 2.24) is 5.43 Å². The fourth-order valence-corrected chi connectivity index (χ4v) is 2.35. The summed E-state index contributed by atoms with van der Waals surface area (Å²) in [5, 5.41) is 5.09. The standard InChI is InChI=1S/C17H24Cl2N2O/c1-3-4-5-6-7-8-9-17(22)21-20-13(2)14-10-11-15(18)16(19)12-14/h10-12H,3-9H2,1-2H3,(H,21,22). The van der Waals surface area contributed by atoms with E-state index in [9.17, 15) is 4.79 Å². The molecule has 1 amide bonds. The van der Waals surface area contributed by atoms with E-state index < -0.39 is 0 Å². The molecule has 0 radical (unpaired) electrons. The minimum absolute atomic E-state index is 0.0464. The molecule has 1 aromatic carbocycles. The van der Waals surface area contributed by atoms with Crippen LogP contribution in [-0.4, -0.2) is 11.6 Å². The number of nitrogens with one attached hydrogen (secondary N) is 1. The number of amides is 1. The van der Waals surface area contributed by atoms with Gasteiger partial charge in [-0.3, -0.25) is 4.79 Å². The number of carbonyl (C=O) groups is 1. The van der Waals surface area contributed by atoms with Crippen LogP contribution in [0.25, 0.3) is 0 Å². The lowest BCUT2D eigenvalue weighted by Gasteiger charge is -2.04. The van der Waals surface area contributed by atoms with E-state index in [0.717, 1.165) is 18.4 Å². The normalized spacial score (nSPS) is 11.5. The minimum Gasteiger partial charge on any atom is -0.273 e. The maximum absolute atomic E-state index is 11.7. The molecule has 22 heavy (non-hydrogen) atoms. The van der Waals surface area contributed by atoms with Crippen molar-refractivity contribution in [2.24, 2.45) is 5.10 Å². The third kappa shape index (κ3) is 7.28. The van der Waals surface area contributed by atoms with E-state index >= 15 is 0 Å². The Bertz CT molecular complexity index is 515. The summed E-state index contributed by atoms with van der Waals surface area (Å²) in [4.78, 5) is 11.7. The highest BCUT2D eigenvalue weighted by molar-refractivity contribution is 6.42. The quantitative estimate of drug-likeness (QED) is 0.355. The molecule has 0 atom stereocenters. The molecular weight excluding hydrogens is 319 g/mol. The van der Waals surface area contributed by atoms with Crippen molar-refractivity contribution in [1.29, 1.82) is 0 Å². The fourth-order valence-electron chi connectivity index (χ4n) is 2.05. The zero-order chi connectivity index (χ0) is 16.4. The van der Waals surface area contributed by atoms with E-state index in [-0.39, 0.29) is 5.91 Å². The molecule has 0 bridgehead atoms. The summed E-state index contributed by atoms with van der Waals surface area (Å²) in [7, 11) is 0. The van der Waals surface area contributed by atoms with E-state index in [1.54, 1.807) is 12.1 Å². The van der Waals surface area contributed by atoms with Gasteiger partial charge in [0.1, 0.15) is 0 Å². The summed E-state index contributed by atoms with van der Waals surface area (Å²) in [6.07, 6.45) is 7.51. The fraction of sp³-hybridized carbons (Fsp3) is 0.529. The number of hydrogen-bond donors (Lipinski definition) is 1. The molecule has 1 N–H and O–H groups in total. The van der Waals surface area contributed by atoms with Gasteiger partial charge in [-0.05, 0) is 31.0 Å². The van der Waals surface area contributed by atoms with Gasteiger partial charge in [0.2, 0.25) is 5.91 Å². The van der Waals surface area contributed by atoms with Crippen LogP contribution >= 0.6 is 23.2 Å². The highest BCUT2D eigenvalue weighted by Gasteiger charge is 2.04. The van der Waals surface area contributed by atoms with Gasteiger partial charge >= 0.3 is 0 Å². The molecule has 0 aliphatic carbocycles. The number of unbranched alkanes of at least 4 members (excludes halogenated alkanes) is 5. The van der Waals surface area contributed by atoms with Gasteiger partial charge in [-0.25, -0.2) is 5.43 Å². The van der Waals surface area contributed by atoms with Crippen molar-refractivity contribution in [3.05, 3.63) is 33.8 Å². The summed E-state index contributed by atoms with van der Waals surface area (Å²) >= 11 is 11.8. The van der Waals surface area contributed by atoms with Crippen molar-refractivity contribution >= 4 is 34.8 Å². The number of rotatable bonds is 9. The molecule has 122 valence electrons. The smallest absolute Gasteiger partial charge is 0.240 e. The Labute approximate surface area is 143 Å². The maximum Gasteiger partial charge on any atom is 0.240 e. The number of benzene rings is 1. The Morgan fingerprint density at radius 3 is 2.45 bits per heavy atom. The van der Waals surface area contributed by atoms with Gasteiger partial charge in [-0.2, -0.15) is 5.10 Å². The van der Waals surface area contributed by atoms with E-state index in [4.69, 9.17) is 23.2 Å². The molecular formula is C17H24Cl2N2O. The van der Waals surface area contributed by atoms with E-state index in [2.05, 4.69) is 17.5 Å². The second-order valence-corrected chi connectivity index (χ2v) is 6.19. The highest BCUT2D eigenvalue weighted by atomic mass is 35.5. The molecule has 0 saturated heterocycles. The first-order chi connectivity index (χ1) is 10.5. The molecule has 0 aromatic heterocycles. The van der Waals surface area contributed by atoms with Crippen molar-refractivity contribution in [2.75, 3.05) is 0 Å². The predicted octanol–water partition coefficient (Wildman–Crippen LogP) is 5.58. The lowest BCUT2D eigenvalue weighted by molar-refractivity contribution is -0.121. The number of nitrogens with zero attached hydrogens (tertiary/aromatic N) is 1. The summed E-state index contributed by atoms with van der Waals surface area (Å²) in [6.45, 7) is 4.02. The lowest BCUT2D eigenvalue weighted by atomic mass is 10.1. The van der Waals surface area contributed by atoms with Crippen LogP contribution in [0.1, 0.15) is 64.4 Å². The number of halogens is 2. The van der Waals surface area contributed by atoms with Crippen LogP contribution < -0.4 is 5.43 Å². The Balaban J connectivity index is 2.33. The van der Waals surface area contributed by atoms with Crippen LogP contribution in [0.4, 0.5) is 0 Å². The molecule has 0 fully saturated rings. The summed E-state index contributed by atoms with van der Waals surface area (Å²) < 4.78 is 0. The van der Waals surface area contributed by atoms with E-state index in [0.29, 0.717) is 22.2 Å². The molecule has 0 spiro atoms. The lowest BCUT2D eigenvalue weighted by Crippen LogP contribution is -2.18. The van der Waals surface area contributed by atoms with Crippen LogP contribution in [0.15, 0.2) is 23.3 Å². The second kappa shape index (κ2) is 10.6. The van der Waals surface area contributed by atoms with Crippen molar-refractivity contribution in [3.8, 4) is 0 Å². The van der Waals surface area contributed by atoms with E-state index in [1.807, 2.05) is 13.0 Å². The van der Waals surface area contributed by atoms with Crippen LogP contribution in [0.2, 0.25) is 10.0 Å². The van der Waals surface area contributed by atoms with Gasteiger partial charge in [-0.1, -0.05) is 68.3 Å². The highest BCUT2D eigenvalue weighted by Crippen LogP contribution is 2.22. The number of hydrazone groups is 1. The number of carbonyl (C=O) groups excluding carboxylic acids is 1. The zero-order valence-electron chi connectivity index (χ0n) is 13.3. The van der Waals surface area contributed by atoms with Crippen molar-refractivity contribution in [3.63, 3.8) is 0 Å². The largest absolute Gasteiger partial charge is 0.273 e. The van der Waals surface area contributed by atoms with Gasteiger partial charge in [-0.15, -0.1) is 0 Å². The minimum atomic E-state index is -0.0464. The molecule has 3 nitrogen and oxygen atoms in total. The Kier molecular flexibility index (Phi) is 9.17. The van der Waals surface area contributed by atoms with Gasteiger partial charge < -0.3 is 0 Å². The summed E-state index contributed by atoms with van der Waals surface area (Å²) in [6, 6.07) is 5.28. The van der Waals surface area contributed by atoms with Gasteiger partial charge in [0.25, 0.3) is 0 Å². The first-order valence-electron chi connectivity index (χ1n) is 7.83. The SMILES string of the molecule is CCCCCCCCC(=O)NN=C(C)c1ccc(Cl)c(Cl)c1. The maximum atomic E-state index is 11.7. The third-order valence-electron chi connectivity index (χ3n) is 3.44. The molecule has 1 aromatic rings. The Morgan fingerprint density at radius 2 is 1.77 bits per heavy atom. The topological polar surface area (TPSA) is 41.5 Å². The predicted molar refractivity (Wildman–Crippen MR) is 94.8 cm³/mol. The molecule has 0 saturated carbocycles. The molecule has 0 heterocycles. The van der Waals surface area contributed by atoms with Crippen LogP contribution in [0.5, 0.6) is 0 Å². The average molecular weight is 343 g/mol. The Hall–Kier alpha value is -1.06. The average Bonchev–Trinajstić information content (AvgIpc) is 2.51. The molecule has 1 rings (SSSR count). The second-order valence-electron chi connectivity index (χ2n) is 5.38. The van der Waals surface area contributed by atoms with Crippen LogP contribution in [0, 0.1) is 0 Å². The first-order valence-corrected chi connectivity index (χ1v) is 8.58. The Morgan fingerprint density at radius 1 is 1.09 bits per heavy atom. The van der Waals surface area contributed by atoms with Gasteiger partial charge in [0, 0.05) is 6.42 Å². The molecule has 0 unspecified atom stereocenters. The molecule has 5 heteroatoms. The van der Waals surface area contributed by atoms with Crippen LogP contribution in [-0.2, 0) is 4.79 Å². The zero-order valence-corrected chi connectivity index (χ0v) is 14.8. The van der Waals surface area contributed by atoms with Crippen molar-refractivity contribution in [2.45, 2.75) is 58.8 Å². The monoisotopic (exact) mass is 342 g/mol. The summed E-state index contributed by atoms with van der Waals surface area (Å²) in [5.41, 5.74) is 4.14. The van der Waals surface area contributed by atoms with E-state index in [1.165, 1.54) is 25.7 Å². The molecule has 0 aliphatic heterocycles. The summed E-state index contributed by atoms with van der Waals surface area (Å²) in [5.74, 6) is -0.0464. The van der Waals surface area contributed by atoms with Gasteiger partial charge in [0.15, 0.2) is 0 Å². The van der Waals surface area contributed by atoms with Crippen LogP contribution in [0.3, 0.4) is 0 Å². The van der Waals surface area contributed by atoms with Crippen molar-refractivity contribution < 1.29 is 4.79 Å². The number of hydrogen-bond acceptors (Lipinski definition) is 2.